The van der Waals surface area contributed by atoms with Gasteiger partial charge in [-0.25, -0.2) is 4.79 Å². The molecule has 3 aromatic carbocycles. The number of hydrogen-bond acceptors (Lipinski definition) is 5. The quantitative estimate of drug-likeness (QED) is 0.213. The number of aromatic amines is 1. The van der Waals surface area contributed by atoms with E-state index in [2.05, 4.69) is 30.7 Å². The number of fused-ring (bicyclic) bond motifs is 1. The van der Waals surface area contributed by atoms with Crippen LogP contribution in [0.5, 0.6) is 11.6 Å². The summed E-state index contributed by atoms with van der Waals surface area (Å²) in [6.45, 7) is 7.37. The zero-order valence-electron chi connectivity index (χ0n) is 20.7. The number of carboxylic acid groups (broad SMARTS) is 1. The highest BCUT2D eigenvalue weighted by molar-refractivity contribution is 6.10. The van der Waals surface area contributed by atoms with Gasteiger partial charge < -0.3 is 19.6 Å². The van der Waals surface area contributed by atoms with Gasteiger partial charge in [-0.3, -0.25) is 9.69 Å². The van der Waals surface area contributed by atoms with E-state index in [9.17, 15) is 9.59 Å². The van der Waals surface area contributed by atoms with Gasteiger partial charge in [0.1, 0.15) is 12.4 Å². The molecule has 1 heterocycles. The maximum Gasteiger partial charge on any atom is 0.512 e. The van der Waals surface area contributed by atoms with Crippen LogP contribution in [0.4, 0.5) is 4.79 Å². The molecule has 0 aliphatic rings. The topological polar surface area (TPSA) is 91.9 Å². The van der Waals surface area contributed by atoms with Crippen LogP contribution in [0.15, 0.2) is 78.9 Å². The summed E-state index contributed by atoms with van der Waals surface area (Å²) >= 11 is 0. The molecule has 4 aromatic rings. The second kappa shape index (κ2) is 10.7. The van der Waals surface area contributed by atoms with Crippen LogP contribution in [-0.4, -0.2) is 39.0 Å². The van der Waals surface area contributed by atoms with E-state index in [1.807, 2.05) is 60.7 Å². The number of hydrogen-bond donors (Lipinski definition) is 2. The van der Waals surface area contributed by atoms with Gasteiger partial charge in [-0.2, -0.15) is 0 Å². The second-order valence-corrected chi connectivity index (χ2v) is 9.61. The second-order valence-electron chi connectivity index (χ2n) is 9.61. The van der Waals surface area contributed by atoms with Crippen LogP contribution < -0.4 is 9.47 Å². The number of aromatic nitrogens is 1. The Morgan fingerprint density at radius 3 is 2.17 bits per heavy atom. The lowest BCUT2D eigenvalue weighted by molar-refractivity contribution is 0.0795. The fourth-order valence-electron chi connectivity index (χ4n) is 4.01. The Labute approximate surface area is 210 Å². The molecule has 0 bridgehead atoms. The third kappa shape index (κ3) is 6.12. The molecule has 1 aromatic heterocycles. The number of rotatable bonds is 9. The number of carbonyl (C=O) groups excluding carboxylic acids is 1. The van der Waals surface area contributed by atoms with E-state index in [0.29, 0.717) is 35.4 Å². The zero-order chi connectivity index (χ0) is 25.7. The molecule has 186 valence electrons. The molecule has 4 rings (SSSR count). The summed E-state index contributed by atoms with van der Waals surface area (Å²) < 4.78 is 10.9. The maximum atomic E-state index is 13.6. The SMILES string of the molecule is CC(C)(C)N(CC(=O)c1ccc(OCc2ccccc2)c2[nH]c(OC(=O)O)cc12)Cc1ccccc1. The van der Waals surface area contributed by atoms with E-state index < -0.39 is 6.16 Å². The summed E-state index contributed by atoms with van der Waals surface area (Å²) in [5.41, 5.74) is 2.84. The largest absolute Gasteiger partial charge is 0.512 e. The molecular weight excluding hydrogens is 456 g/mol. The summed E-state index contributed by atoms with van der Waals surface area (Å²) in [6, 6.07) is 24.7. The van der Waals surface area contributed by atoms with Crippen molar-refractivity contribution < 1.29 is 24.2 Å². The molecule has 0 atom stereocenters. The third-order valence-corrected chi connectivity index (χ3v) is 5.97. The van der Waals surface area contributed by atoms with E-state index in [4.69, 9.17) is 14.6 Å². The highest BCUT2D eigenvalue weighted by Gasteiger charge is 2.26. The summed E-state index contributed by atoms with van der Waals surface area (Å²) in [7, 11) is 0. The zero-order valence-corrected chi connectivity index (χ0v) is 20.7. The van der Waals surface area contributed by atoms with Crippen molar-refractivity contribution in [2.75, 3.05) is 6.54 Å². The van der Waals surface area contributed by atoms with Crippen molar-refractivity contribution in [3.05, 3.63) is 95.6 Å². The molecule has 36 heavy (non-hydrogen) atoms. The summed E-state index contributed by atoms with van der Waals surface area (Å²) in [6.07, 6.45) is -1.44. The highest BCUT2D eigenvalue weighted by Crippen LogP contribution is 2.33. The predicted octanol–water partition coefficient (Wildman–Crippen LogP) is 6.29. The monoisotopic (exact) mass is 486 g/mol. The normalized spacial score (nSPS) is 11.6. The Kier molecular flexibility index (Phi) is 7.41. The fourth-order valence-corrected chi connectivity index (χ4v) is 4.01. The van der Waals surface area contributed by atoms with E-state index in [0.717, 1.165) is 11.1 Å². The molecule has 0 saturated carbocycles. The van der Waals surface area contributed by atoms with Crippen molar-refractivity contribution in [1.82, 2.24) is 9.88 Å². The van der Waals surface area contributed by atoms with Gasteiger partial charge in [0, 0.05) is 29.1 Å². The number of ether oxygens (including phenoxy) is 2. The van der Waals surface area contributed by atoms with Gasteiger partial charge in [0.2, 0.25) is 5.88 Å². The molecule has 7 heteroatoms. The first-order chi connectivity index (χ1) is 17.2. The van der Waals surface area contributed by atoms with Crippen LogP contribution in [0.3, 0.4) is 0 Å². The smallest absolute Gasteiger partial charge is 0.487 e. The molecular formula is C29H30N2O5. The van der Waals surface area contributed by atoms with E-state index in [1.54, 1.807) is 12.1 Å². The summed E-state index contributed by atoms with van der Waals surface area (Å²) in [5, 5.41) is 9.64. The number of H-pyrrole nitrogens is 1. The highest BCUT2D eigenvalue weighted by atomic mass is 16.7. The van der Waals surface area contributed by atoms with E-state index in [1.165, 1.54) is 6.07 Å². The molecule has 0 aliphatic heterocycles. The van der Waals surface area contributed by atoms with Crippen LogP contribution in [0.25, 0.3) is 10.9 Å². The third-order valence-electron chi connectivity index (χ3n) is 5.97. The van der Waals surface area contributed by atoms with Crippen LogP contribution >= 0.6 is 0 Å². The van der Waals surface area contributed by atoms with Gasteiger partial charge >= 0.3 is 6.16 Å². The minimum atomic E-state index is -1.44. The Balaban J connectivity index is 1.64. The van der Waals surface area contributed by atoms with Gasteiger partial charge in [0.05, 0.1) is 12.1 Å². The molecule has 0 radical (unpaired) electrons. The van der Waals surface area contributed by atoms with Crippen LogP contribution in [0.2, 0.25) is 0 Å². The van der Waals surface area contributed by atoms with Crippen molar-refractivity contribution in [3.8, 4) is 11.6 Å². The van der Waals surface area contributed by atoms with Gasteiger partial charge in [0.15, 0.2) is 5.78 Å². The van der Waals surface area contributed by atoms with Crippen LogP contribution in [0, 0.1) is 0 Å². The summed E-state index contributed by atoms with van der Waals surface area (Å²) in [5.74, 6) is 0.447. The number of carbonyl (C=O) groups is 2. The van der Waals surface area contributed by atoms with Crippen molar-refractivity contribution in [1.29, 1.82) is 0 Å². The molecule has 0 unspecified atom stereocenters. The standard InChI is InChI=1S/C29H30N2O5/c1-29(2,3)31(17-20-10-6-4-7-11-20)18-24(32)22-14-15-25(35-19-21-12-8-5-9-13-21)27-23(22)16-26(30-27)36-28(33)34/h4-16,30H,17-19H2,1-3H3,(H,33,34). The molecule has 2 N–H and O–H groups in total. The minimum absolute atomic E-state index is 0.0271. The van der Waals surface area contributed by atoms with Gasteiger partial charge in [-0.1, -0.05) is 60.7 Å². The molecule has 0 spiro atoms. The Morgan fingerprint density at radius 2 is 1.56 bits per heavy atom. The van der Waals surface area contributed by atoms with Crippen LogP contribution in [-0.2, 0) is 13.2 Å². The lowest BCUT2D eigenvalue weighted by Crippen LogP contribution is -2.43. The first kappa shape index (κ1) is 25.0. The average molecular weight is 487 g/mol. The minimum Gasteiger partial charge on any atom is -0.487 e. The Hall–Kier alpha value is -4.10. The Morgan fingerprint density at radius 1 is 0.917 bits per heavy atom. The number of Topliss-reactive ketones (excluding diaryl/α,β-unsaturated/α-hetero) is 1. The van der Waals surface area contributed by atoms with Crippen LogP contribution in [0.1, 0.15) is 42.3 Å². The predicted molar refractivity (Wildman–Crippen MR) is 139 cm³/mol. The van der Waals surface area contributed by atoms with E-state index >= 15 is 0 Å². The molecule has 7 nitrogen and oxygen atoms in total. The van der Waals surface area contributed by atoms with Gasteiger partial charge in [0.25, 0.3) is 0 Å². The van der Waals surface area contributed by atoms with Gasteiger partial charge in [-0.15, -0.1) is 0 Å². The molecule has 0 aliphatic carbocycles. The summed E-state index contributed by atoms with van der Waals surface area (Å²) in [4.78, 5) is 29.8. The first-order valence-corrected chi connectivity index (χ1v) is 11.8. The van der Waals surface area contributed by atoms with Crippen molar-refractivity contribution in [2.24, 2.45) is 0 Å². The number of ketones is 1. The lowest BCUT2D eigenvalue weighted by Gasteiger charge is -2.35. The van der Waals surface area contributed by atoms with E-state index in [-0.39, 0.29) is 23.7 Å². The lowest BCUT2D eigenvalue weighted by atomic mass is 10.0. The molecule has 0 amide bonds. The van der Waals surface area contributed by atoms with Crippen molar-refractivity contribution in [3.63, 3.8) is 0 Å². The fraction of sp³-hybridized carbons (Fsp3) is 0.241. The average Bonchev–Trinajstić information content (AvgIpc) is 3.25. The van der Waals surface area contributed by atoms with Gasteiger partial charge in [-0.05, 0) is 44.0 Å². The van der Waals surface area contributed by atoms with Crippen molar-refractivity contribution >= 4 is 22.8 Å². The number of benzene rings is 3. The number of nitrogens with one attached hydrogen (secondary N) is 1. The Bertz CT molecular complexity index is 1340. The molecule has 0 fully saturated rings. The molecule has 0 saturated heterocycles. The number of nitrogens with zero attached hydrogens (tertiary/aromatic N) is 1. The first-order valence-electron chi connectivity index (χ1n) is 11.8. The van der Waals surface area contributed by atoms with Crippen molar-refractivity contribution in [2.45, 2.75) is 39.5 Å². The maximum absolute atomic E-state index is 13.6.